The number of amides is 4. The Hall–Kier alpha value is -4.62. The number of imide groups is 2. The van der Waals surface area contributed by atoms with Gasteiger partial charge in [-0.25, -0.2) is 4.98 Å². The number of aromatic nitrogens is 1. The number of anilines is 1. The SMILES string of the molecule is CCN1C(=O)[C@H]2[C@H](CC=C3[C@H]2C[C@H]2C(=O)N(Nc4ncc(C(F)(F)F)cc4Cl)C(=O)[C@@]2(c2ccc(Cl)cc2)[C@H]3c2cccc(OC)c2O)C1=O. The lowest BCUT2D eigenvalue weighted by Crippen LogP contribution is -2.53. The molecule has 0 bridgehead atoms. The summed E-state index contributed by atoms with van der Waals surface area (Å²) in [4.78, 5) is 62.0. The molecule has 1 aromatic heterocycles. The summed E-state index contributed by atoms with van der Waals surface area (Å²) < 4.78 is 45.6. The van der Waals surface area contributed by atoms with Crippen molar-refractivity contribution in [3.8, 4) is 11.5 Å². The number of aromatic hydroxyl groups is 1. The maximum Gasteiger partial charge on any atom is 0.417 e. The van der Waals surface area contributed by atoms with E-state index in [0.29, 0.717) is 33.4 Å². The number of phenolic OH excluding ortho intramolecular Hbond substituents is 1. The van der Waals surface area contributed by atoms with Crippen molar-refractivity contribution in [3.05, 3.63) is 93.1 Å². The molecule has 4 aliphatic rings. The van der Waals surface area contributed by atoms with Crippen molar-refractivity contribution in [2.24, 2.45) is 23.7 Å². The van der Waals surface area contributed by atoms with Crippen LogP contribution in [0.4, 0.5) is 19.0 Å². The Morgan fingerprint density at radius 2 is 1.76 bits per heavy atom. The number of benzene rings is 2. The summed E-state index contributed by atoms with van der Waals surface area (Å²) >= 11 is 12.5. The molecule has 7 rings (SSSR count). The summed E-state index contributed by atoms with van der Waals surface area (Å²) in [5.74, 6) is -7.29. The predicted molar refractivity (Wildman–Crippen MR) is 174 cm³/mol. The van der Waals surface area contributed by atoms with E-state index in [2.05, 4.69) is 10.4 Å². The summed E-state index contributed by atoms with van der Waals surface area (Å²) in [5, 5.41) is 12.2. The van der Waals surface area contributed by atoms with Gasteiger partial charge in [0, 0.05) is 29.2 Å². The number of allylic oxidation sites excluding steroid dienone is 2. The average molecular weight is 730 g/mol. The number of pyridine rings is 1. The molecule has 3 aromatic rings. The highest BCUT2D eigenvalue weighted by molar-refractivity contribution is 6.33. The molecule has 10 nitrogen and oxygen atoms in total. The molecule has 3 heterocycles. The average Bonchev–Trinajstić information content (AvgIpc) is 3.46. The molecular weight excluding hydrogens is 700 g/mol. The molecule has 6 atom stereocenters. The second-order valence-electron chi connectivity index (χ2n) is 12.7. The molecule has 1 saturated carbocycles. The molecule has 15 heteroatoms. The topological polar surface area (TPSA) is 129 Å². The highest BCUT2D eigenvalue weighted by atomic mass is 35.5. The molecule has 4 amide bonds. The molecule has 2 aliphatic heterocycles. The number of hydrazine groups is 1. The number of ether oxygens (including phenoxy) is 1. The van der Waals surface area contributed by atoms with Crippen LogP contribution in [0, 0.1) is 23.7 Å². The highest BCUT2D eigenvalue weighted by Crippen LogP contribution is 2.65. The number of alkyl halides is 3. The van der Waals surface area contributed by atoms with Gasteiger partial charge in [-0.15, -0.1) is 0 Å². The largest absolute Gasteiger partial charge is 0.504 e. The number of likely N-dealkylation sites (tertiary alicyclic amines) is 1. The van der Waals surface area contributed by atoms with Gasteiger partial charge in [-0.05, 0) is 55.5 Å². The third-order valence-corrected chi connectivity index (χ3v) is 11.1. The summed E-state index contributed by atoms with van der Waals surface area (Å²) in [5.41, 5.74) is 0.845. The molecule has 3 fully saturated rings. The number of hydrogen-bond acceptors (Lipinski definition) is 8. The smallest absolute Gasteiger partial charge is 0.417 e. The fourth-order valence-electron chi connectivity index (χ4n) is 8.44. The third-order valence-electron chi connectivity index (χ3n) is 10.5. The van der Waals surface area contributed by atoms with Gasteiger partial charge in [0.05, 0.1) is 40.9 Å². The molecule has 0 unspecified atom stereocenters. The van der Waals surface area contributed by atoms with Crippen molar-refractivity contribution in [2.45, 2.75) is 37.3 Å². The molecule has 260 valence electrons. The Bertz CT molecular complexity index is 1990. The van der Waals surface area contributed by atoms with Crippen molar-refractivity contribution in [2.75, 3.05) is 19.1 Å². The van der Waals surface area contributed by atoms with Crippen molar-refractivity contribution in [3.63, 3.8) is 0 Å². The van der Waals surface area contributed by atoms with Crippen molar-refractivity contribution in [1.29, 1.82) is 0 Å². The highest BCUT2D eigenvalue weighted by Gasteiger charge is 2.70. The molecule has 2 aliphatic carbocycles. The van der Waals surface area contributed by atoms with Gasteiger partial charge in [0.25, 0.3) is 11.8 Å². The third kappa shape index (κ3) is 4.80. The number of nitrogens with one attached hydrogen (secondary N) is 1. The summed E-state index contributed by atoms with van der Waals surface area (Å²) in [6.45, 7) is 1.87. The lowest BCUT2D eigenvalue weighted by Gasteiger charge is -2.50. The lowest BCUT2D eigenvalue weighted by molar-refractivity contribution is -0.141. The first-order chi connectivity index (χ1) is 23.7. The van der Waals surface area contributed by atoms with Gasteiger partial charge in [0.15, 0.2) is 17.3 Å². The minimum absolute atomic E-state index is 0.0373. The molecule has 2 saturated heterocycles. The fourth-order valence-corrected chi connectivity index (χ4v) is 8.78. The van der Waals surface area contributed by atoms with Crippen LogP contribution in [0.5, 0.6) is 11.5 Å². The number of carbonyl (C=O) groups is 4. The second kappa shape index (κ2) is 12.0. The van der Waals surface area contributed by atoms with E-state index in [0.717, 1.165) is 0 Å². The van der Waals surface area contributed by atoms with Gasteiger partial charge in [-0.2, -0.15) is 18.2 Å². The molecule has 2 aromatic carbocycles. The van der Waals surface area contributed by atoms with E-state index < -0.39 is 63.6 Å². The summed E-state index contributed by atoms with van der Waals surface area (Å²) in [6, 6.07) is 11.7. The minimum atomic E-state index is -4.75. The van der Waals surface area contributed by atoms with E-state index in [1.807, 2.05) is 6.08 Å². The maximum atomic E-state index is 15.2. The number of phenols is 1. The van der Waals surface area contributed by atoms with Crippen LogP contribution in [0.25, 0.3) is 0 Å². The number of halogens is 5. The standard InChI is InChI=1S/C35H29Cl2F3N4O6/c1-3-43-30(46)20-12-11-19-22(26(20)32(43)48)14-23-31(47)44(42-29-24(37)13-17(15-41-29)35(38,39)40)33(49)34(23,16-7-9-18(36)10-8-16)27(19)21-5-4-6-25(50-2)28(21)45/h4-11,13,15,20,22-23,26-27,45H,3,12,14H2,1-2H3,(H,41,42)/t20-,22+,23-,26-,27+,34+/m0/s1. The number of nitrogens with zero attached hydrogens (tertiary/aromatic N) is 3. The Morgan fingerprint density at radius 1 is 1.04 bits per heavy atom. The monoisotopic (exact) mass is 728 g/mol. The number of para-hydroxylation sites is 1. The number of fused-ring (bicyclic) bond motifs is 4. The number of carbonyl (C=O) groups excluding carboxylic acids is 4. The first-order valence-electron chi connectivity index (χ1n) is 15.8. The zero-order valence-corrected chi connectivity index (χ0v) is 28.0. The van der Waals surface area contributed by atoms with Crippen LogP contribution in [-0.2, 0) is 30.8 Å². The number of hydrogen-bond donors (Lipinski definition) is 2. The Labute approximate surface area is 293 Å². The van der Waals surface area contributed by atoms with Crippen LogP contribution in [0.15, 0.2) is 66.4 Å². The molecule has 0 radical (unpaired) electrons. The van der Waals surface area contributed by atoms with Crippen molar-refractivity contribution < 1.29 is 42.2 Å². The van der Waals surface area contributed by atoms with Crippen molar-refractivity contribution >= 4 is 52.6 Å². The van der Waals surface area contributed by atoms with Crippen LogP contribution in [0.1, 0.15) is 42.4 Å². The number of methoxy groups -OCH3 is 1. The number of rotatable bonds is 6. The van der Waals surface area contributed by atoms with E-state index in [-0.39, 0.29) is 54.1 Å². The van der Waals surface area contributed by atoms with Gasteiger partial charge >= 0.3 is 6.18 Å². The van der Waals surface area contributed by atoms with Crippen LogP contribution in [0.2, 0.25) is 10.0 Å². The summed E-state index contributed by atoms with van der Waals surface area (Å²) in [7, 11) is 1.36. The Morgan fingerprint density at radius 3 is 2.40 bits per heavy atom. The normalized spacial score (nSPS) is 27.6. The lowest BCUT2D eigenvalue weighted by atomic mass is 9.49. The van der Waals surface area contributed by atoms with Crippen LogP contribution in [-0.4, -0.2) is 57.3 Å². The predicted octanol–water partition coefficient (Wildman–Crippen LogP) is 6.13. The van der Waals surface area contributed by atoms with Gasteiger partial charge < -0.3 is 9.84 Å². The zero-order valence-electron chi connectivity index (χ0n) is 26.5. The van der Waals surface area contributed by atoms with Crippen LogP contribution < -0.4 is 10.2 Å². The first-order valence-corrected chi connectivity index (χ1v) is 16.6. The fraction of sp³-hybridized carbons (Fsp3) is 0.343. The molecular formula is C35H29Cl2F3N4O6. The second-order valence-corrected chi connectivity index (χ2v) is 13.6. The van der Waals surface area contributed by atoms with Gasteiger partial charge in [-0.1, -0.05) is 59.1 Å². The quantitative estimate of drug-likeness (QED) is 0.229. The zero-order chi connectivity index (χ0) is 35.9. The van der Waals surface area contributed by atoms with Gasteiger partial charge in [-0.3, -0.25) is 29.5 Å². The van der Waals surface area contributed by atoms with Gasteiger partial charge in [0.2, 0.25) is 11.8 Å². The van der Waals surface area contributed by atoms with Gasteiger partial charge in [0.1, 0.15) is 0 Å². The van der Waals surface area contributed by atoms with Crippen LogP contribution >= 0.6 is 23.2 Å². The minimum Gasteiger partial charge on any atom is -0.504 e. The van der Waals surface area contributed by atoms with E-state index in [9.17, 15) is 32.7 Å². The van der Waals surface area contributed by atoms with E-state index >= 15 is 4.79 Å². The first kappa shape index (κ1) is 33.9. The van der Waals surface area contributed by atoms with E-state index in [1.54, 1.807) is 43.3 Å². The molecule has 0 spiro atoms. The molecule has 50 heavy (non-hydrogen) atoms. The Balaban J connectivity index is 1.46. The maximum absolute atomic E-state index is 15.2. The summed E-state index contributed by atoms with van der Waals surface area (Å²) in [6.07, 6.45) is -2.24. The van der Waals surface area contributed by atoms with Crippen LogP contribution in [0.3, 0.4) is 0 Å². The Kier molecular flexibility index (Phi) is 8.13. The van der Waals surface area contributed by atoms with E-state index in [1.165, 1.54) is 18.1 Å². The van der Waals surface area contributed by atoms with Crippen molar-refractivity contribution in [1.82, 2.24) is 14.9 Å². The van der Waals surface area contributed by atoms with E-state index in [4.69, 9.17) is 27.9 Å². The molecule has 2 N–H and O–H groups in total.